The standard InChI is InChI=1S/C19H16N2O2/c1-23-15-10-11-16(18-9-5-6-12-20-18)17(13-15)19(22)21-14-7-3-2-4-8-14/h2-13H,1H3,(H,21,22). The highest BCUT2D eigenvalue weighted by Gasteiger charge is 2.15. The molecule has 0 aliphatic carbocycles. The van der Waals surface area contributed by atoms with Gasteiger partial charge in [0.1, 0.15) is 5.75 Å². The monoisotopic (exact) mass is 304 g/mol. The van der Waals surface area contributed by atoms with E-state index in [0.717, 1.165) is 16.9 Å². The Bertz CT molecular complexity index is 802. The van der Waals surface area contributed by atoms with Crippen molar-refractivity contribution >= 4 is 11.6 Å². The van der Waals surface area contributed by atoms with Gasteiger partial charge in [-0.2, -0.15) is 0 Å². The van der Waals surface area contributed by atoms with Crippen molar-refractivity contribution in [2.24, 2.45) is 0 Å². The summed E-state index contributed by atoms with van der Waals surface area (Å²) in [6.45, 7) is 0. The zero-order valence-corrected chi connectivity index (χ0v) is 12.7. The molecule has 23 heavy (non-hydrogen) atoms. The van der Waals surface area contributed by atoms with Gasteiger partial charge in [0, 0.05) is 17.4 Å². The number of hydrogen-bond donors (Lipinski definition) is 1. The number of pyridine rings is 1. The summed E-state index contributed by atoms with van der Waals surface area (Å²) in [5, 5.41) is 2.90. The van der Waals surface area contributed by atoms with Crippen molar-refractivity contribution in [2.75, 3.05) is 12.4 Å². The largest absolute Gasteiger partial charge is 0.497 e. The minimum Gasteiger partial charge on any atom is -0.497 e. The third kappa shape index (κ3) is 3.37. The Morgan fingerprint density at radius 1 is 1.00 bits per heavy atom. The number of anilines is 1. The summed E-state index contributed by atoms with van der Waals surface area (Å²) in [6.07, 6.45) is 1.71. The molecule has 1 amide bonds. The second-order valence-corrected chi connectivity index (χ2v) is 4.95. The Morgan fingerprint density at radius 2 is 1.78 bits per heavy atom. The second-order valence-electron chi connectivity index (χ2n) is 4.95. The van der Waals surface area contributed by atoms with Crippen LogP contribution >= 0.6 is 0 Å². The fraction of sp³-hybridized carbons (Fsp3) is 0.0526. The molecule has 0 spiro atoms. The van der Waals surface area contributed by atoms with Gasteiger partial charge in [-0.05, 0) is 42.5 Å². The molecular formula is C19H16N2O2. The normalized spacial score (nSPS) is 10.1. The summed E-state index contributed by atoms with van der Waals surface area (Å²) >= 11 is 0. The number of nitrogens with zero attached hydrogens (tertiary/aromatic N) is 1. The number of benzene rings is 2. The van der Waals surface area contributed by atoms with Crippen LogP contribution in [0.3, 0.4) is 0 Å². The third-order valence-corrected chi connectivity index (χ3v) is 3.44. The maximum Gasteiger partial charge on any atom is 0.256 e. The summed E-state index contributed by atoms with van der Waals surface area (Å²) in [5.74, 6) is 0.429. The first-order valence-corrected chi connectivity index (χ1v) is 7.24. The molecule has 1 heterocycles. The minimum absolute atomic E-state index is 0.198. The van der Waals surface area contributed by atoms with E-state index >= 15 is 0 Å². The minimum atomic E-state index is -0.198. The Hall–Kier alpha value is -3.14. The maximum absolute atomic E-state index is 12.7. The fourth-order valence-electron chi connectivity index (χ4n) is 2.30. The van der Waals surface area contributed by atoms with Gasteiger partial charge in [0.25, 0.3) is 5.91 Å². The van der Waals surface area contributed by atoms with E-state index in [2.05, 4.69) is 10.3 Å². The van der Waals surface area contributed by atoms with E-state index in [1.807, 2.05) is 60.7 Å². The van der Waals surface area contributed by atoms with Crippen LogP contribution in [0.15, 0.2) is 72.9 Å². The number of rotatable bonds is 4. The Labute approximate surface area is 134 Å². The van der Waals surface area contributed by atoms with Crippen molar-refractivity contribution in [3.63, 3.8) is 0 Å². The first-order chi connectivity index (χ1) is 11.3. The van der Waals surface area contributed by atoms with Gasteiger partial charge in [0.15, 0.2) is 0 Å². The molecule has 0 unspecified atom stereocenters. The topological polar surface area (TPSA) is 51.2 Å². The first kappa shape index (κ1) is 14.8. The van der Waals surface area contributed by atoms with Gasteiger partial charge in [-0.1, -0.05) is 24.3 Å². The van der Waals surface area contributed by atoms with Crippen molar-refractivity contribution in [3.8, 4) is 17.0 Å². The molecule has 1 N–H and O–H groups in total. The van der Waals surface area contributed by atoms with Crippen molar-refractivity contribution in [1.82, 2.24) is 4.98 Å². The van der Waals surface area contributed by atoms with Crippen molar-refractivity contribution in [1.29, 1.82) is 0 Å². The predicted molar refractivity (Wildman–Crippen MR) is 90.6 cm³/mol. The molecule has 0 bridgehead atoms. The number of methoxy groups -OCH3 is 1. The van der Waals surface area contributed by atoms with E-state index in [9.17, 15) is 4.79 Å². The number of carbonyl (C=O) groups is 1. The number of hydrogen-bond acceptors (Lipinski definition) is 3. The SMILES string of the molecule is COc1ccc(-c2ccccn2)c(C(=O)Nc2ccccc2)c1. The number of carbonyl (C=O) groups excluding carboxylic acids is 1. The summed E-state index contributed by atoms with van der Waals surface area (Å²) in [4.78, 5) is 17.0. The van der Waals surface area contributed by atoms with Crippen LogP contribution in [0.1, 0.15) is 10.4 Å². The van der Waals surface area contributed by atoms with Gasteiger partial charge in [-0.15, -0.1) is 0 Å². The highest BCUT2D eigenvalue weighted by Crippen LogP contribution is 2.26. The zero-order valence-electron chi connectivity index (χ0n) is 12.7. The highest BCUT2D eigenvalue weighted by atomic mass is 16.5. The van der Waals surface area contributed by atoms with Crippen LogP contribution in [-0.2, 0) is 0 Å². The molecule has 4 nitrogen and oxygen atoms in total. The summed E-state index contributed by atoms with van der Waals surface area (Å²) in [6, 6.07) is 20.4. The molecule has 0 fully saturated rings. The van der Waals surface area contributed by atoms with Crippen LogP contribution < -0.4 is 10.1 Å². The molecule has 114 valence electrons. The molecule has 3 aromatic rings. The van der Waals surface area contributed by atoms with Crippen molar-refractivity contribution in [2.45, 2.75) is 0 Å². The predicted octanol–water partition coefficient (Wildman–Crippen LogP) is 4.01. The quantitative estimate of drug-likeness (QED) is 0.792. The number of para-hydroxylation sites is 1. The molecular weight excluding hydrogens is 288 g/mol. The maximum atomic E-state index is 12.7. The Morgan fingerprint density at radius 3 is 2.48 bits per heavy atom. The van der Waals surface area contributed by atoms with E-state index in [1.165, 1.54) is 0 Å². The lowest BCUT2D eigenvalue weighted by atomic mass is 10.0. The average molecular weight is 304 g/mol. The van der Waals surface area contributed by atoms with Gasteiger partial charge < -0.3 is 10.1 Å². The molecule has 0 saturated carbocycles. The third-order valence-electron chi connectivity index (χ3n) is 3.44. The smallest absolute Gasteiger partial charge is 0.256 e. The zero-order chi connectivity index (χ0) is 16.1. The van der Waals surface area contributed by atoms with E-state index in [0.29, 0.717) is 11.3 Å². The average Bonchev–Trinajstić information content (AvgIpc) is 2.62. The lowest BCUT2D eigenvalue weighted by Gasteiger charge is -2.11. The lowest BCUT2D eigenvalue weighted by Crippen LogP contribution is -2.13. The van der Waals surface area contributed by atoms with Crippen LogP contribution in [-0.4, -0.2) is 18.0 Å². The molecule has 2 aromatic carbocycles. The van der Waals surface area contributed by atoms with Gasteiger partial charge >= 0.3 is 0 Å². The summed E-state index contributed by atoms with van der Waals surface area (Å²) in [5.41, 5.74) is 2.77. The molecule has 0 radical (unpaired) electrons. The van der Waals surface area contributed by atoms with Crippen molar-refractivity contribution in [3.05, 3.63) is 78.5 Å². The van der Waals surface area contributed by atoms with Crippen LogP contribution in [0.2, 0.25) is 0 Å². The molecule has 0 aliphatic heterocycles. The van der Waals surface area contributed by atoms with Gasteiger partial charge in [-0.3, -0.25) is 9.78 Å². The van der Waals surface area contributed by atoms with Crippen LogP contribution in [0.4, 0.5) is 5.69 Å². The first-order valence-electron chi connectivity index (χ1n) is 7.24. The number of nitrogens with one attached hydrogen (secondary N) is 1. The van der Waals surface area contributed by atoms with Gasteiger partial charge in [-0.25, -0.2) is 0 Å². The molecule has 0 aliphatic rings. The van der Waals surface area contributed by atoms with E-state index in [1.54, 1.807) is 19.4 Å². The molecule has 0 saturated heterocycles. The molecule has 3 rings (SSSR count). The molecule has 4 heteroatoms. The van der Waals surface area contributed by atoms with Crippen LogP contribution in [0.5, 0.6) is 5.75 Å². The molecule has 1 aromatic heterocycles. The van der Waals surface area contributed by atoms with Gasteiger partial charge in [0.05, 0.1) is 18.4 Å². The summed E-state index contributed by atoms with van der Waals surface area (Å²) in [7, 11) is 1.58. The number of aromatic nitrogens is 1. The van der Waals surface area contributed by atoms with Crippen molar-refractivity contribution < 1.29 is 9.53 Å². The van der Waals surface area contributed by atoms with E-state index in [-0.39, 0.29) is 5.91 Å². The number of ether oxygens (including phenoxy) is 1. The van der Waals surface area contributed by atoms with Gasteiger partial charge in [0.2, 0.25) is 0 Å². The Balaban J connectivity index is 2.00. The number of amides is 1. The lowest BCUT2D eigenvalue weighted by molar-refractivity contribution is 0.102. The summed E-state index contributed by atoms with van der Waals surface area (Å²) < 4.78 is 5.25. The fourth-order valence-corrected chi connectivity index (χ4v) is 2.30. The van der Waals surface area contributed by atoms with E-state index < -0.39 is 0 Å². The van der Waals surface area contributed by atoms with Crippen LogP contribution in [0.25, 0.3) is 11.3 Å². The second kappa shape index (κ2) is 6.75. The molecule has 0 atom stereocenters. The van der Waals surface area contributed by atoms with Crippen LogP contribution in [0, 0.1) is 0 Å². The highest BCUT2D eigenvalue weighted by molar-refractivity contribution is 6.08. The van der Waals surface area contributed by atoms with E-state index in [4.69, 9.17) is 4.74 Å². The Kier molecular flexibility index (Phi) is 4.34.